The maximum Gasteiger partial charge on any atom is 0.349 e. The molecule has 0 bridgehead atoms. The fourth-order valence-corrected chi connectivity index (χ4v) is 4.70. The van der Waals surface area contributed by atoms with Gasteiger partial charge in [0.05, 0.1) is 23.4 Å². The van der Waals surface area contributed by atoms with Crippen LogP contribution in [0.5, 0.6) is 0 Å². The van der Waals surface area contributed by atoms with E-state index in [0.717, 1.165) is 11.3 Å². The first-order chi connectivity index (χ1) is 17.9. The number of nitrogens with zero attached hydrogens (tertiary/aromatic N) is 4. The second kappa shape index (κ2) is 10.9. The average Bonchev–Trinajstić information content (AvgIpc) is 2.82. The number of benzene rings is 1. The third-order valence-electron chi connectivity index (χ3n) is 6.60. The van der Waals surface area contributed by atoms with Crippen LogP contribution < -0.4 is 16.6 Å². The van der Waals surface area contributed by atoms with E-state index in [9.17, 15) is 24.3 Å². The van der Waals surface area contributed by atoms with Crippen molar-refractivity contribution in [2.75, 3.05) is 31.5 Å². The summed E-state index contributed by atoms with van der Waals surface area (Å²) >= 11 is 0. The molecular formula is C26H34N6O6. The number of carbonyl (C=O) groups excluding carboxylic acids is 1. The summed E-state index contributed by atoms with van der Waals surface area (Å²) in [5, 5.41) is 12.6. The lowest BCUT2D eigenvalue weighted by atomic mass is 9.97. The minimum Gasteiger partial charge on any atom is -0.481 e. The van der Waals surface area contributed by atoms with Crippen LogP contribution in [0.4, 0.5) is 5.69 Å². The van der Waals surface area contributed by atoms with Gasteiger partial charge in [-0.3, -0.25) is 19.4 Å². The van der Waals surface area contributed by atoms with E-state index in [4.69, 9.17) is 4.74 Å². The van der Waals surface area contributed by atoms with Crippen LogP contribution in [0.3, 0.4) is 0 Å². The molecular weight excluding hydrogens is 492 g/mol. The Kier molecular flexibility index (Phi) is 7.81. The molecule has 0 radical (unpaired) electrons. The first kappa shape index (κ1) is 27.2. The highest BCUT2D eigenvalue weighted by Crippen LogP contribution is 2.27. The number of anilines is 1. The van der Waals surface area contributed by atoms with E-state index in [2.05, 4.69) is 25.2 Å². The Labute approximate surface area is 219 Å². The fraction of sp³-hybridized carbons (Fsp3) is 0.538. The lowest BCUT2D eigenvalue weighted by molar-refractivity contribution is -0.154. The van der Waals surface area contributed by atoms with Gasteiger partial charge in [0.2, 0.25) is 0 Å². The molecule has 3 aliphatic rings. The van der Waals surface area contributed by atoms with Gasteiger partial charge in [-0.2, -0.15) is 4.98 Å². The number of fused-ring (bicyclic) bond motifs is 2. The zero-order chi connectivity index (χ0) is 27.6. The molecule has 0 unspecified atom stereocenters. The van der Waals surface area contributed by atoms with Crippen molar-refractivity contribution in [3.63, 3.8) is 0 Å². The summed E-state index contributed by atoms with van der Waals surface area (Å²) in [5.41, 5.74) is 1.09. The first-order valence-electron chi connectivity index (χ1n) is 12.8. The van der Waals surface area contributed by atoms with E-state index in [1.54, 1.807) is 0 Å². The molecule has 4 rings (SSSR count). The Hall–Kier alpha value is -3.80. The van der Waals surface area contributed by atoms with Gasteiger partial charge >= 0.3 is 17.6 Å². The van der Waals surface area contributed by atoms with Crippen LogP contribution in [-0.4, -0.2) is 73.2 Å². The highest BCUT2D eigenvalue weighted by atomic mass is 16.6. The first-order valence-corrected chi connectivity index (χ1v) is 12.8. The Morgan fingerprint density at radius 3 is 2.53 bits per heavy atom. The van der Waals surface area contributed by atoms with Crippen LogP contribution in [0, 0.1) is 12.8 Å². The summed E-state index contributed by atoms with van der Waals surface area (Å²) in [7, 11) is 0. The third-order valence-corrected chi connectivity index (χ3v) is 6.60. The maximum absolute atomic E-state index is 12.6. The molecule has 12 nitrogen and oxygen atoms in total. The zero-order valence-electron chi connectivity index (χ0n) is 22.2. The number of aliphatic carboxylic acids is 1. The lowest BCUT2D eigenvalue weighted by Gasteiger charge is -2.30. The molecule has 12 heteroatoms. The quantitative estimate of drug-likeness (QED) is 0.292. The van der Waals surface area contributed by atoms with Gasteiger partial charge in [-0.05, 0) is 71.3 Å². The second-order valence-electron chi connectivity index (χ2n) is 10.7. The molecule has 0 spiro atoms. The lowest BCUT2D eigenvalue weighted by Crippen LogP contribution is -2.38. The van der Waals surface area contributed by atoms with Crippen LogP contribution in [0.25, 0.3) is 22.6 Å². The number of H-pyrrole nitrogens is 1. The molecule has 0 amide bonds. The summed E-state index contributed by atoms with van der Waals surface area (Å²) in [6.07, 6.45) is 1.34. The number of hydrogen-bond acceptors (Lipinski definition) is 9. The molecule has 204 valence electrons. The fourth-order valence-electron chi connectivity index (χ4n) is 4.70. The summed E-state index contributed by atoms with van der Waals surface area (Å²) in [6, 6.07) is 3.74. The minimum absolute atomic E-state index is 0.0757. The van der Waals surface area contributed by atoms with Crippen LogP contribution in [-0.2, 0) is 20.9 Å². The summed E-state index contributed by atoms with van der Waals surface area (Å²) < 4.78 is 7.19. The number of aryl methyl sites for hydroxylation is 1. The van der Waals surface area contributed by atoms with Crippen molar-refractivity contribution in [3.8, 4) is 11.5 Å². The number of piperidine rings is 1. The van der Waals surface area contributed by atoms with Crippen LogP contribution in [0.15, 0.2) is 21.7 Å². The van der Waals surface area contributed by atoms with Gasteiger partial charge in [-0.15, -0.1) is 0 Å². The number of ether oxygens (including phenoxy) is 1. The Balaban J connectivity index is 1.63. The molecule has 1 aromatic carbocycles. The number of carboxylic acids is 1. The number of esters is 1. The van der Waals surface area contributed by atoms with E-state index >= 15 is 0 Å². The molecule has 3 N–H and O–H groups in total. The normalized spacial score (nSPS) is 15.2. The number of aromatic amines is 1. The molecule has 1 saturated heterocycles. The van der Waals surface area contributed by atoms with Crippen molar-refractivity contribution in [2.45, 2.75) is 59.1 Å². The van der Waals surface area contributed by atoms with E-state index in [0.29, 0.717) is 56.6 Å². The molecule has 0 aromatic heterocycles. The minimum atomic E-state index is -0.765. The Morgan fingerprint density at radius 1 is 1.16 bits per heavy atom. The topological polar surface area (TPSA) is 160 Å². The van der Waals surface area contributed by atoms with Gasteiger partial charge in [0.1, 0.15) is 5.60 Å². The van der Waals surface area contributed by atoms with Gasteiger partial charge in [-0.1, -0.05) is 0 Å². The third kappa shape index (κ3) is 6.36. The van der Waals surface area contributed by atoms with Crippen molar-refractivity contribution in [3.05, 3.63) is 38.5 Å². The van der Waals surface area contributed by atoms with Gasteiger partial charge in [0.15, 0.2) is 11.5 Å². The predicted molar refractivity (Wildman–Crippen MR) is 142 cm³/mol. The molecule has 0 atom stereocenters. The van der Waals surface area contributed by atoms with Crippen LogP contribution in [0.1, 0.15) is 45.6 Å². The predicted octanol–water partition coefficient (Wildman–Crippen LogP) is 1.83. The van der Waals surface area contributed by atoms with Gasteiger partial charge in [0, 0.05) is 25.3 Å². The standard InChI is InChI=1S/C26H34N6O6/c1-15-13-18-19(14-17(15)27-8-5-20(33)38-26(2,3)4)32(22-21(28-18)23(34)30-25(37)29-22)12-11-31-9-6-16(7-10-31)24(35)36/h13-14,16,27H,5-12H2,1-4H3,(H,35,36)(H,30,34,37). The van der Waals surface area contributed by atoms with Crippen molar-refractivity contribution >= 4 is 28.7 Å². The van der Waals surface area contributed by atoms with E-state index in [1.165, 1.54) is 0 Å². The van der Waals surface area contributed by atoms with Gasteiger partial charge in [-0.25, -0.2) is 9.78 Å². The van der Waals surface area contributed by atoms with Gasteiger partial charge in [0.25, 0.3) is 5.56 Å². The van der Waals surface area contributed by atoms with Crippen molar-refractivity contribution in [2.24, 2.45) is 5.92 Å². The molecule has 0 saturated carbocycles. The maximum atomic E-state index is 12.6. The second-order valence-corrected chi connectivity index (χ2v) is 10.7. The van der Waals surface area contributed by atoms with Crippen molar-refractivity contribution in [1.82, 2.24) is 24.4 Å². The number of carboxylic acid groups (broad SMARTS) is 1. The van der Waals surface area contributed by atoms with E-state index < -0.39 is 22.8 Å². The molecule has 3 aliphatic heterocycles. The molecule has 1 fully saturated rings. The van der Waals surface area contributed by atoms with Crippen LogP contribution >= 0.6 is 0 Å². The molecule has 0 aliphatic carbocycles. The van der Waals surface area contributed by atoms with Crippen LogP contribution in [0.2, 0.25) is 0 Å². The molecule has 3 heterocycles. The SMILES string of the molecule is Cc1cc2nc3c(=O)[nH]c(=O)nc-3n(CCN3CCC(C(=O)O)CC3)c2cc1NCCC(=O)OC(C)(C)C. The number of rotatable bonds is 8. The number of nitrogens with one attached hydrogen (secondary N) is 2. The average molecular weight is 527 g/mol. The van der Waals surface area contributed by atoms with Crippen molar-refractivity contribution in [1.29, 1.82) is 0 Å². The zero-order valence-corrected chi connectivity index (χ0v) is 22.2. The Bertz CT molecular complexity index is 1430. The molecule has 38 heavy (non-hydrogen) atoms. The largest absolute Gasteiger partial charge is 0.481 e. The monoisotopic (exact) mass is 526 g/mol. The Morgan fingerprint density at radius 2 is 1.87 bits per heavy atom. The number of aromatic nitrogens is 4. The highest BCUT2D eigenvalue weighted by molar-refractivity contribution is 5.84. The summed E-state index contributed by atoms with van der Waals surface area (Å²) in [5.74, 6) is -1.21. The van der Waals surface area contributed by atoms with Crippen molar-refractivity contribution < 1.29 is 19.4 Å². The summed E-state index contributed by atoms with van der Waals surface area (Å²) in [4.78, 5) is 61.0. The van der Waals surface area contributed by atoms with E-state index in [-0.39, 0.29) is 29.8 Å². The van der Waals surface area contributed by atoms with Gasteiger partial charge < -0.3 is 24.6 Å². The highest BCUT2D eigenvalue weighted by Gasteiger charge is 2.25. The smallest absolute Gasteiger partial charge is 0.349 e. The molecule has 1 aromatic rings. The number of hydrogen-bond donors (Lipinski definition) is 3. The number of carbonyl (C=O) groups is 2. The van der Waals surface area contributed by atoms with E-state index in [1.807, 2.05) is 44.4 Å². The summed E-state index contributed by atoms with van der Waals surface area (Å²) in [6.45, 7) is 10.0. The number of likely N-dealkylation sites (tertiary alicyclic amines) is 1.